The Morgan fingerprint density at radius 2 is 1.75 bits per heavy atom. The van der Waals surface area contributed by atoms with E-state index >= 15 is 0 Å². The lowest BCUT2D eigenvalue weighted by Crippen LogP contribution is -2.56. The summed E-state index contributed by atoms with van der Waals surface area (Å²) in [6, 6.07) is 15.7. The molecule has 0 atom stereocenters. The monoisotopic (exact) mass is 381 g/mol. The molecular weight excluding hydrogens is 358 g/mol. The van der Waals surface area contributed by atoms with E-state index in [1.165, 1.54) is 0 Å². The molecule has 2 aromatic carbocycles. The number of carbonyl (C=O) groups is 3. The average Bonchev–Trinajstić information content (AvgIpc) is 2.67. The number of ether oxygens (including phenoxy) is 1. The molecular formula is C21H23N3O4. The summed E-state index contributed by atoms with van der Waals surface area (Å²) >= 11 is 0. The summed E-state index contributed by atoms with van der Waals surface area (Å²) < 4.78 is 5.82. The fourth-order valence-electron chi connectivity index (χ4n) is 2.95. The number of carbonyl (C=O) groups excluding carboxylic acids is 3. The maximum absolute atomic E-state index is 12.5. The van der Waals surface area contributed by atoms with Crippen molar-refractivity contribution in [3.05, 3.63) is 54.6 Å². The summed E-state index contributed by atoms with van der Waals surface area (Å²) in [5.74, 6) is 0.308. The molecule has 3 rings (SSSR count). The molecule has 7 nitrogen and oxygen atoms in total. The van der Waals surface area contributed by atoms with Crippen LogP contribution in [0.15, 0.2) is 54.6 Å². The Bertz CT molecular complexity index is 867. The van der Waals surface area contributed by atoms with Crippen LogP contribution >= 0.6 is 0 Å². The van der Waals surface area contributed by atoms with Crippen LogP contribution in [0.4, 0.5) is 10.5 Å². The molecule has 1 saturated heterocycles. The van der Waals surface area contributed by atoms with E-state index in [1.807, 2.05) is 44.2 Å². The first-order valence-corrected chi connectivity index (χ1v) is 9.18. The van der Waals surface area contributed by atoms with Gasteiger partial charge in [-0.2, -0.15) is 0 Å². The van der Waals surface area contributed by atoms with Gasteiger partial charge in [0.05, 0.1) is 5.69 Å². The van der Waals surface area contributed by atoms with Crippen molar-refractivity contribution in [2.24, 2.45) is 0 Å². The molecule has 1 aliphatic heterocycles. The number of benzene rings is 2. The highest BCUT2D eigenvalue weighted by atomic mass is 16.5. The zero-order valence-corrected chi connectivity index (χ0v) is 15.9. The summed E-state index contributed by atoms with van der Waals surface area (Å²) in [5, 5.41) is 2.73. The van der Waals surface area contributed by atoms with E-state index in [0.29, 0.717) is 23.7 Å². The van der Waals surface area contributed by atoms with Crippen molar-refractivity contribution in [3.8, 4) is 11.5 Å². The van der Waals surface area contributed by atoms with Gasteiger partial charge in [-0.3, -0.25) is 14.5 Å². The second kappa shape index (κ2) is 8.56. The van der Waals surface area contributed by atoms with Gasteiger partial charge in [0.2, 0.25) is 11.8 Å². The Kier molecular flexibility index (Phi) is 5.93. The molecule has 0 spiro atoms. The van der Waals surface area contributed by atoms with E-state index in [0.717, 1.165) is 4.90 Å². The molecule has 0 radical (unpaired) electrons. The van der Waals surface area contributed by atoms with Gasteiger partial charge in [0.1, 0.15) is 12.3 Å². The highest BCUT2D eigenvalue weighted by Crippen LogP contribution is 2.29. The van der Waals surface area contributed by atoms with Crippen LogP contribution in [-0.4, -0.2) is 46.8 Å². The maximum Gasteiger partial charge on any atom is 0.327 e. The SMILES string of the molecule is CC(C)N1CCC(=O)N(CC(=O)Nc2ccccc2Oc2ccccc2)C1=O. The predicted octanol–water partition coefficient (Wildman–Crippen LogP) is 3.48. The fraction of sp³-hybridized carbons (Fsp3) is 0.286. The van der Waals surface area contributed by atoms with Gasteiger partial charge in [-0.25, -0.2) is 4.79 Å². The maximum atomic E-state index is 12.5. The number of nitrogens with zero attached hydrogens (tertiary/aromatic N) is 2. The number of hydrogen-bond acceptors (Lipinski definition) is 4. The van der Waals surface area contributed by atoms with Crippen LogP contribution in [0.3, 0.4) is 0 Å². The highest BCUT2D eigenvalue weighted by Gasteiger charge is 2.34. The number of anilines is 1. The Morgan fingerprint density at radius 1 is 1.07 bits per heavy atom. The third-order valence-electron chi connectivity index (χ3n) is 4.40. The Morgan fingerprint density at radius 3 is 2.46 bits per heavy atom. The Labute approximate surface area is 163 Å². The second-order valence-corrected chi connectivity index (χ2v) is 6.76. The van der Waals surface area contributed by atoms with E-state index in [9.17, 15) is 14.4 Å². The van der Waals surface area contributed by atoms with E-state index in [4.69, 9.17) is 4.74 Å². The molecule has 4 amide bonds. The molecule has 1 heterocycles. The number of imide groups is 1. The van der Waals surface area contributed by atoms with Gasteiger partial charge >= 0.3 is 6.03 Å². The highest BCUT2D eigenvalue weighted by molar-refractivity contribution is 6.03. The first kappa shape index (κ1) is 19.4. The van der Waals surface area contributed by atoms with Gasteiger partial charge in [-0.1, -0.05) is 30.3 Å². The van der Waals surface area contributed by atoms with Crippen molar-refractivity contribution >= 4 is 23.5 Å². The van der Waals surface area contributed by atoms with Crippen LogP contribution in [0.5, 0.6) is 11.5 Å². The molecule has 0 saturated carbocycles. The zero-order chi connectivity index (χ0) is 20.1. The van der Waals surface area contributed by atoms with Crippen molar-refractivity contribution < 1.29 is 19.1 Å². The van der Waals surface area contributed by atoms with Gasteiger partial charge in [-0.15, -0.1) is 0 Å². The van der Waals surface area contributed by atoms with Crippen molar-refractivity contribution in [2.75, 3.05) is 18.4 Å². The number of nitrogens with one attached hydrogen (secondary N) is 1. The molecule has 2 aromatic rings. The number of amides is 4. The van der Waals surface area contributed by atoms with Crippen LogP contribution in [-0.2, 0) is 9.59 Å². The van der Waals surface area contributed by atoms with Gasteiger partial charge in [0.25, 0.3) is 0 Å². The topological polar surface area (TPSA) is 79.0 Å². The lowest BCUT2D eigenvalue weighted by atomic mass is 10.2. The molecule has 146 valence electrons. The van der Waals surface area contributed by atoms with Gasteiger partial charge in [0, 0.05) is 19.0 Å². The largest absolute Gasteiger partial charge is 0.455 e. The first-order chi connectivity index (χ1) is 13.5. The number of urea groups is 1. The predicted molar refractivity (Wildman–Crippen MR) is 105 cm³/mol. The van der Waals surface area contributed by atoms with E-state index in [1.54, 1.807) is 29.2 Å². The quantitative estimate of drug-likeness (QED) is 0.831. The molecule has 0 bridgehead atoms. The lowest BCUT2D eigenvalue weighted by molar-refractivity contribution is -0.134. The molecule has 1 N–H and O–H groups in total. The normalized spacial score (nSPS) is 14.4. The Hall–Kier alpha value is -3.35. The van der Waals surface area contributed by atoms with Crippen molar-refractivity contribution in [2.45, 2.75) is 26.3 Å². The van der Waals surface area contributed by atoms with Crippen LogP contribution in [0.25, 0.3) is 0 Å². The van der Waals surface area contributed by atoms with Crippen LogP contribution in [0.1, 0.15) is 20.3 Å². The molecule has 1 aliphatic rings. The number of rotatable bonds is 6. The Balaban J connectivity index is 1.70. The van der Waals surface area contributed by atoms with Crippen LogP contribution in [0, 0.1) is 0 Å². The lowest BCUT2D eigenvalue weighted by Gasteiger charge is -2.36. The minimum atomic E-state index is -0.462. The van der Waals surface area contributed by atoms with Gasteiger partial charge < -0.3 is 15.0 Å². The molecule has 7 heteroatoms. The minimum Gasteiger partial charge on any atom is -0.455 e. The summed E-state index contributed by atoms with van der Waals surface area (Å²) in [6.07, 6.45) is 0.213. The summed E-state index contributed by atoms with van der Waals surface area (Å²) in [6.45, 7) is 3.80. The molecule has 0 aromatic heterocycles. The molecule has 28 heavy (non-hydrogen) atoms. The number of hydrogen-bond donors (Lipinski definition) is 1. The number of para-hydroxylation sites is 3. The summed E-state index contributed by atoms with van der Waals surface area (Å²) in [5.41, 5.74) is 0.467. The third kappa shape index (κ3) is 4.49. The summed E-state index contributed by atoms with van der Waals surface area (Å²) in [4.78, 5) is 39.7. The molecule has 0 unspecified atom stereocenters. The second-order valence-electron chi connectivity index (χ2n) is 6.76. The van der Waals surface area contributed by atoms with Crippen molar-refractivity contribution in [3.63, 3.8) is 0 Å². The van der Waals surface area contributed by atoms with E-state index in [2.05, 4.69) is 5.32 Å². The van der Waals surface area contributed by atoms with E-state index in [-0.39, 0.29) is 24.9 Å². The minimum absolute atomic E-state index is 0.0360. The van der Waals surface area contributed by atoms with Crippen molar-refractivity contribution in [1.82, 2.24) is 9.80 Å². The van der Waals surface area contributed by atoms with Crippen LogP contribution in [0.2, 0.25) is 0 Å². The van der Waals surface area contributed by atoms with Crippen LogP contribution < -0.4 is 10.1 Å². The van der Waals surface area contributed by atoms with Gasteiger partial charge in [-0.05, 0) is 38.1 Å². The van der Waals surface area contributed by atoms with Gasteiger partial charge in [0.15, 0.2) is 5.75 Å². The smallest absolute Gasteiger partial charge is 0.327 e. The standard InChI is InChI=1S/C21H23N3O4/c1-15(2)23-13-12-20(26)24(21(23)27)14-19(25)22-17-10-6-7-11-18(17)28-16-8-4-3-5-9-16/h3-11,15H,12-14H2,1-2H3,(H,22,25). The summed E-state index contributed by atoms with van der Waals surface area (Å²) in [7, 11) is 0. The average molecular weight is 381 g/mol. The zero-order valence-electron chi connectivity index (χ0n) is 15.9. The molecule has 1 fully saturated rings. The fourth-order valence-corrected chi connectivity index (χ4v) is 2.95. The molecule has 0 aliphatic carbocycles. The third-order valence-corrected chi connectivity index (χ3v) is 4.40. The van der Waals surface area contributed by atoms with Crippen molar-refractivity contribution in [1.29, 1.82) is 0 Å². The van der Waals surface area contributed by atoms with E-state index < -0.39 is 11.9 Å². The first-order valence-electron chi connectivity index (χ1n) is 9.18.